The van der Waals surface area contributed by atoms with Crippen molar-refractivity contribution in [1.29, 1.82) is 0 Å². The third kappa shape index (κ3) is 2.20. The summed E-state index contributed by atoms with van der Waals surface area (Å²) in [6.45, 7) is 0.455. The predicted octanol–water partition coefficient (Wildman–Crippen LogP) is 1.86. The first-order valence-corrected chi connectivity index (χ1v) is 5.97. The Morgan fingerprint density at radius 1 is 1.44 bits per heavy atom. The summed E-state index contributed by atoms with van der Waals surface area (Å²) in [4.78, 5) is 13.7. The maximum atomic E-state index is 13.5. The summed E-state index contributed by atoms with van der Waals surface area (Å²) in [6.07, 6.45) is 1.42. The first kappa shape index (κ1) is 12.9. The second-order valence-electron chi connectivity index (χ2n) is 4.16. The van der Waals surface area contributed by atoms with E-state index in [-0.39, 0.29) is 16.6 Å². The van der Waals surface area contributed by atoms with Crippen LogP contribution in [0, 0.1) is 11.6 Å². The second kappa shape index (κ2) is 4.97. The second-order valence-corrected chi connectivity index (χ2v) is 4.63. The molecule has 0 radical (unpaired) electrons. The summed E-state index contributed by atoms with van der Waals surface area (Å²) in [5, 5.41) is 0. The monoisotopic (exact) mass is 270 g/mol. The number of benzene rings is 1. The molecule has 1 aromatic carbocycles. The van der Waals surface area contributed by atoms with Crippen molar-refractivity contribution in [2.75, 3.05) is 6.54 Å². The molecule has 0 bridgehead atoms. The molecular weight excluding hydrogens is 258 g/mol. The summed E-state index contributed by atoms with van der Waals surface area (Å²) < 4.78 is 26.6. The molecule has 1 saturated heterocycles. The summed E-state index contributed by atoms with van der Waals surface area (Å²) in [5.74, 6) is -2.73. The number of hydrogen-bond donors (Lipinski definition) is 1. The molecule has 1 heterocycles. The Labute approximate surface area is 109 Å². The number of nitrogens with zero attached hydrogens (tertiary/aromatic N) is 1. The molecule has 0 aromatic heterocycles. The maximum absolute atomic E-state index is 13.5. The van der Waals surface area contributed by atoms with E-state index in [1.807, 2.05) is 0 Å². The molecule has 18 heavy (non-hydrogen) atoms. The predicted molar refractivity (Wildman–Crippen MR) is 67.2 cm³/mol. The van der Waals surface area contributed by atoms with Gasteiger partial charge in [0.15, 0.2) is 11.6 Å². The standard InChI is InChI=1S/C12H12F2N2OS/c13-8-4-1-3-7(10(8)14)12(17)16-6-2-5-9(16)11(15)18/h1,3-4,9H,2,5-6H2,(H2,15,18). The zero-order valence-corrected chi connectivity index (χ0v) is 10.3. The third-order valence-electron chi connectivity index (χ3n) is 3.02. The summed E-state index contributed by atoms with van der Waals surface area (Å²) in [7, 11) is 0. The van der Waals surface area contributed by atoms with Crippen LogP contribution in [0.5, 0.6) is 0 Å². The van der Waals surface area contributed by atoms with Gasteiger partial charge < -0.3 is 10.6 Å². The van der Waals surface area contributed by atoms with Gasteiger partial charge in [-0.3, -0.25) is 4.79 Å². The van der Waals surface area contributed by atoms with Crippen LogP contribution in [0.4, 0.5) is 8.78 Å². The van der Waals surface area contributed by atoms with Gasteiger partial charge in [-0.1, -0.05) is 18.3 Å². The number of amides is 1. The van der Waals surface area contributed by atoms with Crippen LogP contribution in [0.15, 0.2) is 18.2 Å². The first-order valence-electron chi connectivity index (χ1n) is 5.56. The fourth-order valence-electron chi connectivity index (χ4n) is 2.13. The molecule has 2 N–H and O–H groups in total. The molecule has 1 atom stereocenters. The van der Waals surface area contributed by atoms with Gasteiger partial charge in [0, 0.05) is 6.54 Å². The smallest absolute Gasteiger partial charge is 0.257 e. The van der Waals surface area contributed by atoms with Gasteiger partial charge in [0.25, 0.3) is 5.91 Å². The SMILES string of the molecule is NC(=S)C1CCCN1C(=O)c1cccc(F)c1F. The lowest BCUT2D eigenvalue weighted by molar-refractivity contribution is 0.0764. The number of thiocarbonyl (C=S) groups is 1. The summed E-state index contributed by atoms with van der Waals surface area (Å²) in [6, 6.07) is 3.17. The van der Waals surface area contributed by atoms with Gasteiger partial charge >= 0.3 is 0 Å². The number of halogens is 2. The van der Waals surface area contributed by atoms with Crippen LogP contribution in [-0.2, 0) is 0 Å². The molecule has 3 nitrogen and oxygen atoms in total. The molecule has 1 aliphatic heterocycles. The fourth-order valence-corrected chi connectivity index (χ4v) is 2.37. The molecule has 1 aliphatic rings. The van der Waals surface area contributed by atoms with E-state index in [2.05, 4.69) is 0 Å². The van der Waals surface area contributed by atoms with E-state index in [9.17, 15) is 13.6 Å². The van der Waals surface area contributed by atoms with E-state index >= 15 is 0 Å². The molecule has 0 spiro atoms. The number of carbonyl (C=O) groups excluding carboxylic acids is 1. The maximum Gasteiger partial charge on any atom is 0.257 e. The van der Waals surface area contributed by atoms with Gasteiger partial charge in [-0.05, 0) is 25.0 Å². The molecule has 1 fully saturated rings. The largest absolute Gasteiger partial charge is 0.392 e. The minimum absolute atomic E-state index is 0.206. The van der Waals surface area contributed by atoms with E-state index in [1.54, 1.807) is 0 Å². The van der Waals surface area contributed by atoms with Crippen LogP contribution < -0.4 is 5.73 Å². The Bertz CT molecular complexity index is 507. The molecule has 1 unspecified atom stereocenters. The van der Waals surface area contributed by atoms with E-state index in [1.165, 1.54) is 17.0 Å². The van der Waals surface area contributed by atoms with Crippen molar-refractivity contribution >= 4 is 23.1 Å². The minimum atomic E-state index is -1.13. The zero-order valence-electron chi connectivity index (χ0n) is 9.53. The van der Waals surface area contributed by atoms with Gasteiger partial charge in [0.05, 0.1) is 16.6 Å². The molecule has 0 saturated carbocycles. The zero-order chi connectivity index (χ0) is 13.3. The van der Waals surface area contributed by atoms with E-state index in [0.29, 0.717) is 13.0 Å². The van der Waals surface area contributed by atoms with Gasteiger partial charge in [-0.2, -0.15) is 0 Å². The highest BCUT2D eigenvalue weighted by Gasteiger charge is 2.32. The van der Waals surface area contributed by atoms with Gasteiger partial charge in [-0.15, -0.1) is 0 Å². The number of nitrogens with two attached hydrogens (primary N) is 1. The van der Waals surface area contributed by atoms with Crippen molar-refractivity contribution in [3.63, 3.8) is 0 Å². The normalized spacial score (nSPS) is 19.0. The van der Waals surface area contributed by atoms with Crippen molar-refractivity contribution in [1.82, 2.24) is 4.90 Å². The first-order chi connectivity index (χ1) is 8.52. The Hall–Kier alpha value is -1.56. The Morgan fingerprint density at radius 2 is 2.17 bits per heavy atom. The molecular formula is C12H12F2N2OS. The van der Waals surface area contributed by atoms with Crippen LogP contribution in [-0.4, -0.2) is 28.4 Å². The molecule has 1 amide bonds. The number of rotatable bonds is 2. The molecule has 1 aromatic rings. The van der Waals surface area contributed by atoms with Crippen molar-refractivity contribution in [2.45, 2.75) is 18.9 Å². The minimum Gasteiger partial charge on any atom is -0.392 e. The van der Waals surface area contributed by atoms with Gasteiger partial charge in [0.2, 0.25) is 0 Å². The highest BCUT2D eigenvalue weighted by molar-refractivity contribution is 7.80. The molecule has 96 valence electrons. The van der Waals surface area contributed by atoms with Crippen LogP contribution in [0.25, 0.3) is 0 Å². The van der Waals surface area contributed by atoms with Crippen molar-refractivity contribution < 1.29 is 13.6 Å². The lowest BCUT2D eigenvalue weighted by atomic mass is 10.1. The van der Waals surface area contributed by atoms with E-state index in [4.69, 9.17) is 18.0 Å². The number of likely N-dealkylation sites (tertiary alicyclic amines) is 1. The Balaban J connectivity index is 2.31. The molecule has 0 aliphatic carbocycles. The molecule has 2 rings (SSSR count). The number of carbonyl (C=O) groups is 1. The summed E-state index contributed by atoms with van der Waals surface area (Å²) in [5.41, 5.74) is 5.26. The lowest BCUT2D eigenvalue weighted by Gasteiger charge is -2.23. The lowest BCUT2D eigenvalue weighted by Crippen LogP contribution is -2.43. The Kier molecular flexibility index (Phi) is 3.56. The highest BCUT2D eigenvalue weighted by Crippen LogP contribution is 2.22. The highest BCUT2D eigenvalue weighted by atomic mass is 32.1. The van der Waals surface area contributed by atoms with Crippen LogP contribution >= 0.6 is 12.2 Å². The van der Waals surface area contributed by atoms with Crippen molar-refractivity contribution in [3.05, 3.63) is 35.4 Å². The van der Waals surface area contributed by atoms with Crippen molar-refractivity contribution in [2.24, 2.45) is 5.73 Å². The van der Waals surface area contributed by atoms with Crippen LogP contribution in [0.1, 0.15) is 23.2 Å². The average molecular weight is 270 g/mol. The van der Waals surface area contributed by atoms with Gasteiger partial charge in [0.1, 0.15) is 0 Å². The Morgan fingerprint density at radius 3 is 2.83 bits per heavy atom. The van der Waals surface area contributed by atoms with Crippen LogP contribution in [0.3, 0.4) is 0 Å². The van der Waals surface area contributed by atoms with Gasteiger partial charge in [-0.25, -0.2) is 8.78 Å². The topological polar surface area (TPSA) is 46.3 Å². The van der Waals surface area contributed by atoms with Crippen molar-refractivity contribution in [3.8, 4) is 0 Å². The quantitative estimate of drug-likeness (QED) is 0.834. The van der Waals surface area contributed by atoms with E-state index < -0.39 is 17.5 Å². The number of hydrogen-bond acceptors (Lipinski definition) is 2. The van der Waals surface area contributed by atoms with Crippen LogP contribution in [0.2, 0.25) is 0 Å². The average Bonchev–Trinajstić information content (AvgIpc) is 2.81. The molecule has 6 heteroatoms. The van der Waals surface area contributed by atoms with E-state index in [0.717, 1.165) is 12.5 Å². The summed E-state index contributed by atoms with van der Waals surface area (Å²) >= 11 is 4.88. The third-order valence-corrected chi connectivity index (χ3v) is 3.30. The fraction of sp³-hybridized carbons (Fsp3) is 0.333.